The van der Waals surface area contributed by atoms with Gasteiger partial charge in [-0.05, 0) is 43.7 Å². The first-order chi connectivity index (χ1) is 6.98. The molecule has 1 aromatic rings. The fraction of sp³-hybridized carbons (Fsp3) is 0.538. The van der Waals surface area contributed by atoms with Crippen molar-refractivity contribution in [3.05, 3.63) is 35.4 Å². The van der Waals surface area contributed by atoms with Crippen molar-refractivity contribution < 1.29 is 5.11 Å². The summed E-state index contributed by atoms with van der Waals surface area (Å²) in [5, 5.41) is 10.1. The van der Waals surface area contributed by atoms with Crippen LogP contribution in [0, 0.1) is 0 Å². The summed E-state index contributed by atoms with van der Waals surface area (Å²) >= 11 is 0. The number of benzene rings is 1. The third-order valence-corrected chi connectivity index (χ3v) is 2.98. The van der Waals surface area contributed by atoms with Crippen molar-refractivity contribution >= 4 is 0 Å². The Hall–Kier alpha value is -0.860. The van der Waals surface area contributed by atoms with Crippen molar-refractivity contribution in [1.82, 2.24) is 0 Å². The highest BCUT2D eigenvalue weighted by molar-refractivity contribution is 5.31. The number of hydrogen-bond donors (Lipinski definition) is 2. The molecular weight excluding hydrogens is 186 g/mol. The summed E-state index contributed by atoms with van der Waals surface area (Å²) in [5.41, 5.74) is 7.60. The number of aliphatic hydroxyl groups excluding tert-OH is 1. The van der Waals surface area contributed by atoms with Crippen LogP contribution in [0.1, 0.15) is 49.8 Å². The summed E-state index contributed by atoms with van der Waals surface area (Å²) in [6.45, 7) is 3.70. The van der Waals surface area contributed by atoms with E-state index in [1.807, 2.05) is 26.0 Å². The molecule has 3 N–H and O–H groups in total. The van der Waals surface area contributed by atoms with E-state index in [9.17, 15) is 5.11 Å². The highest BCUT2D eigenvalue weighted by Crippen LogP contribution is 2.40. The zero-order valence-electron chi connectivity index (χ0n) is 9.40. The molecule has 1 aliphatic carbocycles. The second-order valence-electron chi connectivity index (χ2n) is 5.17. The van der Waals surface area contributed by atoms with Gasteiger partial charge in [0, 0.05) is 5.54 Å². The normalized spacial score (nSPS) is 18.9. The summed E-state index contributed by atoms with van der Waals surface area (Å²) in [7, 11) is 0. The Morgan fingerprint density at radius 1 is 1.40 bits per heavy atom. The minimum absolute atomic E-state index is 0.581. The maximum absolute atomic E-state index is 10.1. The molecule has 0 amide bonds. The second-order valence-corrected chi connectivity index (χ2v) is 5.17. The molecule has 1 aromatic carbocycles. The zero-order chi connectivity index (χ0) is 11.1. The standard InChI is InChI=1S/C13H19NO/c1-13(2,14)12(15)11-5-3-4-10(8-11)9-6-7-9/h3-5,8-9,12,15H,6-7,14H2,1-2H3. The molecule has 2 nitrogen and oxygen atoms in total. The van der Waals surface area contributed by atoms with E-state index in [1.165, 1.54) is 18.4 Å². The van der Waals surface area contributed by atoms with E-state index in [1.54, 1.807) is 0 Å². The van der Waals surface area contributed by atoms with Gasteiger partial charge in [0.1, 0.15) is 0 Å². The molecule has 1 saturated carbocycles. The summed E-state index contributed by atoms with van der Waals surface area (Å²) in [6, 6.07) is 8.19. The largest absolute Gasteiger partial charge is 0.387 e. The fourth-order valence-electron chi connectivity index (χ4n) is 1.83. The lowest BCUT2D eigenvalue weighted by molar-refractivity contribution is 0.104. The molecule has 0 heterocycles. The summed E-state index contributed by atoms with van der Waals surface area (Å²) in [6.07, 6.45) is 1.98. The molecule has 0 radical (unpaired) electrons. The van der Waals surface area contributed by atoms with Crippen LogP contribution in [-0.4, -0.2) is 10.6 Å². The SMILES string of the molecule is CC(C)(N)C(O)c1cccc(C2CC2)c1. The maximum Gasteiger partial charge on any atom is 0.0964 e. The number of aliphatic hydroxyl groups is 1. The van der Waals surface area contributed by atoms with Gasteiger partial charge in [0.05, 0.1) is 6.10 Å². The number of hydrogen-bond acceptors (Lipinski definition) is 2. The van der Waals surface area contributed by atoms with E-state index in [0.29, 0.717) is 0 Å². The van der Waals surface area contributed by atoms with E-state index in [-0.39, 0.29) is 0 Å². The molecular formula is C13H19NO. The summed E-state index contributed by atoms with van der Waals surface area (Å²) in [5.74, 6) is 0.720. The fourth-order valence-corrected chi connectivity index (χ4v) is 1.83. The van der Waals surface area contributed by atoms with Crippen LogP contribution >= 0.6 is 0 Å². The lowest BCUT2D eigenvalue weighted by atomic mass is 9.91. The Morgan fingerprint density at radius 2 is 2.07 bits per heavy atom. The first-order valence-corrected chi connectivity index (χ1v) is 5.55. The van der Waals surface area contributed by atoms with Crippen LogP contribution in [0.3, 0.4) is 0 Å². The summed E-state index contributed by atoms with van der Waals surface area (Å²) in [4.78, 5) is 0. The monoisotopic (exact) mass is 205 g/mol. The topological polar surface area (TPSA) is 46.2 Å². The van der Waals surface area contributed by atoms with Gasteiger partial charge in [0.25, 0.3) is 0 Å². The van der Waals surface area contributed by atoms with Crippen molar-refractivity contribution in [2.45, 2.75) is 44.2 Å². The first-order valence-electron chi connectivity index (χ1n) is 5.55. The van der Waals surface area contributed by atoms with Gasteiger partial charge in [-0.3, -0.25) is 0 Å². The quantitative estimate of drug-likeness (QED) is 0.795. The molecule has 2 rings (SSSR count). The van der Waals surface area contributed by atoms with Crippen LogP contribution in [-0.2, 0) is 0 Å². The predicted octanol–water partition coefficient (Wildman–Crippen LogP) is 2.33. The smallest absolute Gasteiger partial charge is 0.0964 e. The first kappa shape index (κ1) is 10.7. The third-order valence-electron chi connectivity index (χ3n) is 2.98. The van der Waals surface area contributed by atoms with Crippen LogP contribution in [0.15, 0.2) is 24.3 Å². The van der Waals surface area contributed by atoms with Gasteiger partial charge < -0.3 is 10.8 Å². The molecule has 82 valence electrons. The lowest BCUT2D eigenvalue weighted by Crippen LogP contribution is -2.39. The average molecular weight is 205 g/mol. The molecule has 1 aliphatic rings. The second kappa shape index (κ2) is 3.62. The van der Waals surface area contributed by atoms with Crippen molar-refractivity contribution in [1.29, 1.82) is 0 Å². The maximum atomic E-state index is 10.1. The summed E-state index contributed by atoms with van der Waals surface area (Å²) < 4.78 is 0. The molecule has 1 fully saturated rings. The molecule has 1 unspecified atom stereocenters. The van der Waals surface area contributed by atoms with Crippen LogP contribution in [0.4, 0.5) is 0 Å². The van der Waals surface area contributed by atoms with Crippen molar-refractivity contribution in [2.24, 2.45) is 5.73 Å². The van der Waals surface area contributed by atoms with Crippen molar-refractivity contribution in [2.75, 3.05) is 0 Å². The van der Waals surface area contributed by atoms with Gasteiger partial charge >= 0.3 is 0 Å². The predicted molar refractivity (Wildman–Crippen MR) is 61.6 cm³/mol. The molecule has 0 aliphatic heterocycles. The molecule has 0 bridgehead atoms. The third kappa shape index (κ3) is 2.39. The van der Waals surface area contributed by atoms with Crippen LogP contribution in [0.25, 0.3) is 0 Å². The zero-order valence-corrected chi connectivity index (χ0v) is 9.40. The van der Waals surface area contributed by atoms with E-state index in [4.69, 9.17) is 5.73 Å². The van der Waals surface area contributed by atoms with Gasteiger partial charge in [-0.15, -0.1) is 0 Å². The van der Waals surface area contributed by atoms with Gasteiger partial charge in [-0.2, -0.15) is 0 Å². The molecule has 15 heavy (non-hydrogen) atoms. The molecule has 0 spiro atoms. The molecule has 1 atom stereocenters. The van der Waals surface area contributed by atoms with E-state index in [0.717, 1.165) is 11.5 Å². The van der Waals surface area contributed by atoms with E-state index < -0.39 is 11.6 Å². The highest BCUT2D eigenvalue weighted by Gasteiger charge is 2.27. The number of rotatable bonds is 3. The van der Waals surface area contributed by atoms with Crippen LogP contribution in [0.2, 0.25) is 0 Å². The van der Waals surface area contributed by atoms with Gasteiger partial charge in [0.15, 0.2) is 0 Å². The molecule has 0 aromatic heterocycles. The Bertz CT molecular complexity index is 350. The average Bonchev–Trinajstić information content (AvgIpc) is 2.98. The molecule has 0 saturated heterocycles. The lowest BCUT2D eigenvalue weighted by Gasteiger charge is -2.26. The van der Waals surface area contributed by atoms with Crippen molar-refractivity contribution in [3.63, 3.8) is 0 Å². The number of nitrogens with two attached hydrogens (primary N) is 1. The van der Waals surface area contributed by atoms with Gasteiger partial charge in [-0.1, -0.05) is 24.3 Å². The van der Waals surface area contributed by atoms with Crippen LogP contribution < -0.4 is 5.73 Å². The Balaban J connectivity index is 2.24. The Kier molecular flexibility index (Phi) is 2.57. The minimum atomic E-state index is -0.587. The highest BCUT2D eigenvalue weighted by atomic mass is 16.3. The van der Waals surface area contributed by atoms with E-state index in [2.05, 4.69) is 12.1 Å². The Labute approximate surface area is 91.1 Å². The van der Waals surface area contributed by atoms with Gasteiger partial charge in [0.2, 0.25) is 0 Å². The minimum Gasteiger partial charge on any atom is -0.387 e. The van der Waals surface area contributed by atoms with Crippen LogP contribution in [0.5, 0.6) is 0 Å². The van der Waals surface area contributed by atoms with Gasteiger partial charge in [-0.25, -0.2) is 0 Å². The van der Waals surface area contributed by atoms with Crippen molar-refractivity contribution in [3.8, 4) is 0 Å². The Morgan fingerprint density at radius 3 is 2.60 bits per heavy atom. The van der Waals surface area contributed by atoms with E-state index >= 15 is 0 Å². The molecule has 2 heteroatoms.